The molecule has 2 aliphatic heterocycles. The maximum atomic E-state index is 12.5. The van der Waals surface area contributed by atoms with Crippen molar-refractivity contribution < 1.29 is 24.2 Å². The molecule has 2 amide bonds. The number of carbonyl (C=O) groups excluding carboxylic acids is 1. The number of amides is 2. The minimum Gasteiger partial charge on any atom is -0.481 e. The van der Waals surface area contributed by atoms with E-state index in [-0.39, 0.29) is 31.3 Å². The lowest BCUT2D eigenvalue weighted by molar-refractivity contribution is -0.142. The SMILES string of the molecule is CCCN(C(=O)NC1CCOCC1)C1COCC1C(=O)O. The Morgan fingerprint density at radius 3 is 2.57 bits per heavy atom. The topological polar surface area (TPSA) is 88.1 Å². The van der Waals surface area contributed by atoms with Crippen LogP contribution in [0, 0.1) is 5.92 Å². The number of aliphatic carboxylic acids is 1. The zero-order valence-electron chi connectivity index (χ0n) is 12.4. The molecule has 2 saturated heterocycles. The molecule has 2 N–H and O–H groups in total. The van der Waals surface area contributed by atoms with Crippen LogP contribution >= 0.6 is 0 Å². The number of ether oxygens (including phenoxy) is 2. The molecule has 21 heavy (non-hydrogen) atoms. The van der Waals surface area contributed by atoms with Gasteiger partial charge < -0.3 is 24.8 Å². The van der Waals surface area contributed by atoms with Crippen LogP contribution in [0.1, 0.15) is 26.2 Å². The summed E-state index contributed by atoms with van der Waals surface area (Å²) in [5.74, 6) is -1.55. The van der Waals surface area contributed by atoms with E-state index in [0.717, 1.165) is 19.3 Å². The fourth-order valence-corrected chi connectivity index (χ4v) is 2.84. The molecule has 2 fully saturated rings. The number of hydrogen-bond donors (Lipinski definition) is 2. The van der Waals surface area contributed by atoms with E-state index in [2.05, 4.69) is 5.32 Å². The van der Waals surface area contributed by atoms with Crippen molar-refractivity contribution in [1.29, 1.82) is 0 Å². The van der Waals surface area contributed by atoms with Crippen LogP contribution in [0.15, 0.2) is 0 Å². The van der Waals surface area contributed by atoms with Gasteiger partial charge >= 0.3 is 12.0 Å². The lowest BCUT2D eigenvalue weighted by Crippen LogP contribution is -2.53. The molecule has 2 heterocycles. The van der Waals surface area contributed by atoms with E-state index in [9.17, 15) is 14.7 Å². The highest BCUT2D eigenvalue weighted by molar-refractivity contribution is 5.77. The highest BCUT2D eigenvalue weighted by Gasteiger charge is 2.40. The van der Waals surface area contributed by atoms with Gasteiger partial charge in [0.2, 0.25) is 0 Å². The maximum absolute atomic E-state index is 12.5. The summed E-state index contributed by atoms with van der Waals surface area (Å²) in [6.07, 6.45) is 2.38. The van der Waals surface area contributed by atoms with Gasteiger partial charge in [0.25, 0.3) is 0 Å². The number of rotatable bonds is 5. The Labute approximate surface area is 124 Å². The summed E-state index contributed by atoms with van der Waals surface area (Å²) >= 11 is 0. The summed E-state index contributed by atoms with van der Waals surface area (Å²) in [5, 5.41) is 12.2. The number of carboxylic acids is 1. The second-order valence-electron chi connectivity index (χ2n) is 5.58. The zero-order chi connectivity index (χ0) is 15.2. The van der Waals surface area contributed by atoms with Crippen molar-refractivity contribution in [1.82, 2.24) is 10.2 Å². The first-order chi connectivity index (χ1) is 10.1. The molecule has 2 aliphatic rings. The Morgan fingerprint density at radius 2 is 1.95 bits per heavy atom. The number of nitrogens with zero attached hydrogens (tertiary/aromatic N) is 1. The highest BCUT2D eigenvalue weighted by Crippen LogP contribution is 2.21. The molecule has 7 heteroatoms. The van der Waals surface area contributed by atoms with Gasteiger partial charge in [0, 0.05) is 25.8 Å². The molecule has 0 aromatic rings. The zero-order valence-corrected chi connectivity index (χ0v) is 12.4. The number of carboxylic acid groups (broad SMARTS) is 1. The van der Waals surface area contributed by atoms with Gasteiger partial charge in [-0.3, -0.25) is 4.79 Å². The van der Waals surface area contributed by atoms with Crippen LogP contribution in [0.2, 0.25) is 0 Å². The average Bonchev–Trinajstić information content (AvgIpc) is 2.95. The molecule has 7 nitrogen and oxygen atoms in total. The van der Waals surface area contributed by atoms with Crippen LogP contribution in [0.5, 0.6) is 0 Å². The molecule has 0 aromatic heterocycles. The summed E-state index contributed by atoms with van der Waals surface area (Å²) in [4.78, 5) is 25.4. The van der Waals surface area contributed by atoms with Crippen molar-refractivity contribution in [3.8, 4) is 0 Å². The van der Waals surface area contributed by atoms with Crippen LogP contribution in [0.3, 0.4) is 0 Å². The van der Waals surface area contributed by atoms with Gasteiger partial charge in [0.05, 0.1) is 19.3 Å². The third kappa shape index (κ3) is 4.07. The number of nitrogens with one attached hydrogen (secondary N) is 1. The van der Waals surface area contributed by atoms with E-state index in [4.69, 9.17) is 9.47 Å². The number of carbonyl (C=O) groups is 2. The smallest absolute Gasteiger partial charge is 0.317 e. The van der Waals surface area contributed by atoms with Crippen LogP contribution in [0.4, 0.5) is 4.79 Å². The van der Waals surface area contributed by atoms with Crippen molar-refractivity contribution in [2.75, 3.05) is 33.0 Å². The first-order valence-electron chi connectivity index (χ1n) is 7.59. The monoisotopic (exact) mass is 300 g/mol. The lowest BCUT2D eigenvalue weighted by atomic mass is 10.0. The van der Waals surface area contributed by atoms with Gasteiger partial charge in [0.15, 0.2) is 0 Å². The first-order valence-corrected chi connectivity index (χ1v) is 7.59. The van der Waals surface area contributed by atoms with E-state index in [1.165, 1.54) is 0 Å². The summed E-state index contributed by atoms with van der Waals surface area (Å²) in [6.45, 7) is 4.28. The quantitative estimate of drug-likeness (QED) is 0.780. The Bertz CT molecular complexity index is 370. The number of urea groups is 1. The fourth-order valence-electron chi connectivity index (χ4n) is 2.84. The highest BCUT2D eigenvalue weighted by atomic mass is 16.5. The Kier molecular flexibility index (Phi) is 5.81. The number of hydrogen-bond acceptors (Lipinski definition) is 4. The summed E-state index contributed by atoms with van der Waals surface area (Å²) in [6, 6.07) is -0.469. The van der Waals surface area contributed by atoms with E-state index in [1.54, 1.807) is 4.90 Å². The van der Waals surface area contributed by atoms with Crippen molar-refractivity contribution in [3.63, 3.8) is 0 Å². The summed E-state index contributed by atoms with van der Waals surface area (Å²) in [5.41, 5.74) is 0. The minimum absolute atomic E-state index is 0.108. The lowest BCUT2D eigenvalue weighted by Gasteiger charge is -2.33. The van der Waals surface area contributed by atoms with Crippen LogP contribution < -0.4 is 5.32 Å². The maximum Gasteiger partial charge on any atom is 0.317 e. The van der Waals surface area contributed by atoms with E-state index >= 15 is 0 Å². The Morgan fingerprint density at radius 1 is 1.24 bits per heavy atom. The van der Waals surface area contributed by atoms with Crippen LogP contribution in [0.25, 0.3) is 0 Å². The molecular formula is C14H24N2O5. The van der Waals surface area contributed by atoms with Crippen molar-refractivity contribution in [2.45, 2.75) is 38.3 Å². The molecule has 120 valence electrons. The summed E-state index contributed by atoms with van der Waals surface area (Å²) < 4.78 is 10.6. The normalized spacial score (nSPS) is 26.5. The predicted octanol–water partition coefficient (Wildman–Crippen LogP) is 0.687. The van der Waals surface area contributed by atoms with Crippen molar-refractivity contribution in [3.05, 3.63) is 0 Å². The molecule has 0 spiro atoms. The fraction of sp³-hybridized carbons (Fsp3) is 0.857. The van der Waals surface area contributed by atoms with Crippen LogP contribution in [-0.2, 0) is 14.3 Å². The third-order valence-electron chi connectivity index (χ3n) is 4.04. The third-order valence-corrected chi connectivity index (χ3v) is 4.04. The van der Waals surface area contributed by atoms with Gasteiger partial charge in [0.1, 0.15) is 5.92 Å². The van der Waals surface area contributed by atoms with Crippen molar-refractivity contribution in [2.24, 2.45) is 5.92 Å². The Hall–Kier alpha value is -1.34. The van der Waals surface area contributed by atoms with Crippen molar-refractivity contribution >= 4 is 12.0 Å². The molecule has 2 atom stereocenters. The van der Waals surface area contributed by atoms with Crippen LogP contribution in [-0.4, -0.2) is 67.1 Å². The second kappa shape index (κ2) is 7.61. The van der Waals surface area contributed by atoms with E-state index in [0.29, 0.717) is 19.8 Å². The Balaban J connectivity index is 1.99. The van der Waals surface area contributed by atoms with E-state index < -0.39 is 11.9 Å². The van der Waals surface area contributed by atoms with Gasteiger partial charge in [-0.1, -0.05) is 6.92 Å². The molecule has 2 rings (SSSR count). The standard InChI is InChI=1S/C14H24N2O5/c1-2-5-16(12-9-21-8-11(12)13(17)18)14(19)15-10-3-6-20-7-4-10/h10-12H,2-9H2,1H3,(H,15,19)(H,17,18). The van der Waals surface area contributed by atoms with Gasteiger partial charge in [-0.15, -0.1) is 0 Å². The predicted molar refractivity (Wildman–Crippen MR) is 75.1 cm³/mol. The van der Waals surface area contributed by atoms with Gasteiger partial charge in [-0.25, -0.2) is 4.79 Å². The molecule has 0 aromatic carbocycles. The minimum atomic E-state index is -0.905. The van der Waals surface area contributed by atoms with Gasteiger partial charge in [-0.2, -0.15) is 0 Å². The molecule has 0 radical (unpaired) electrons. The molecule has 0 bridgehead atoms. The summed E-state index contributed by atoms with van der Waals surface area (Å²) in [7, 11) is 0. The molecule has 0 saturated carbocycles. The molecule has 0 aliphatic carbocycles. The van der Waals surface area contributed by atoms with E-state index in [1.807, 2.05) is 6.92 Å². The van der Waals surface area contributed by atoms with Gasteiger partial charge in [-0.05, 0) is 19.3 Å². The average molecular weight is 300 g/mol. The molecular weight excluding hydrogens is 276 g/mol. The first kappa shape index (κ1) is 16.0. The molecule has 2 unspecified atom stereocenters. The largest absolute Gasteiger partial charge is 0.481 e. The second-order valence-corrected chi connectivity index (χ2v) is 5.58.